The minimum Gasteiger partial charge on any atom is -0.467 e. The summed E-state index contributed by atoms with van der Waals surface area (Å²) in [6, 6.07) is 6.45. The van der Waals surface area contributed by atoms with Gasteiger partial charge in [-0.3, -0.25) is 9.52 Å². The van der Waals surface area contributed by atoms with Crippen LogP contribution in [-0.4, -0.2) is 14.2 Å². The Morgan fingerprint density at radius 1 is 1.33 bits per heavy atom. The molecule has 0 saturated carbocycles. The zero-order valence-corrected chi connectivity index (χ0v) is 12.7. The Balaban J connectivity index is 2.31. The fourth-order valence-corrected chi connectivity index (χ4v) is 2.45. The molecule has 2 aromatic rings. The summed E-state index contributed by atoms with van der Waals surface area (Å²) in [7, 11) is -2.85. The average Bonchev–Trinajstić information content (AvgIpc) is 2.91. The molecular weight excluding hydrogens is 316 g/mol. The van der Waals surface area contributed by atoms with Gasteiger partial charge in [0.05, 0.1) is 23.5 Å². The second-order valence-corrected chi connectivity index (χ2v) is 5.38. The molecule has 0 saturated heterocycles. The molecule has 21 heavy (non-hydrogen) atoms. The summed E-state index contributed by atoms with van der Waals surface area (Å²) in [6.45, 7) is 1.77. The number of benzene rings is 1. The van der Waals surface area contributed by atoms with Crippen LogP contribution in [0.5, 0.6) is 0 Å². The lowest BCUT2D eigenvalue weighted by Crippen LogP contribution is -2.06. The van der Waals surface area contributed by atoms with E-state index in [0.717, 1.165) is 0 Å². The Bertz CT molecular complexity index is 718. The number of Topliss-reactive ketones (excluding diaryl/α,β-unsaturated/α-hetero) is 1. The number of nitrogens with one attached hydrogen (secondary N) is 2. The van der Waals surface area contributed by atoms with E-state index in [0.29, 0.717) is 23.6 Å². The Morgan fingerprint density at radius 2 is 2.10 bits per heavy atom. The molecule has 2 N–H and O–H groups in total. The number of carbonyl (C=O) groups excluding carboxylic acids is 1. The molecular formula is C13H13ClN2O4S. The first-order valence-electron chi connectivity index (χ1n) is 5.99. The fraction of sp³-hybridized carbons (Fsp3) is 0.154. The van der Waals surface area contributed by atoms with Crippen LogP contribution in [0.4, 0.5) is 11.4 Å². The van der Waals surface area contributed by atoms with Crippen LogP contribution in [0.15, 0.2) is 34.9 Å². The lowest BCUT2D eigenvalue weighted by Gasteiger charge is -2.12. The van der Waals surface area contributed by atoms with E-state index in [1.165, 1.54) is 19.1 Å². The molecule has 1 heterocycles. The first-order valence-corrected chi connectivity index (χ1v) is 7.54. The van der Waals surface area contributed by atoms with Crippen molar-refractivity contribution < 1.29 is 17.6 Å². The minimum absolute atomic E-state index is 0.168. The van der Waals surface area contributed by atoms with Gasteiger partial charge in [-0.2, -0.15) is 0 Å². The van der Waals surface area contributed by atoms with Crippen LogP contribution in [0.1, 0.15) is 23.0 Å². The van der Waals surface area contributed by atoms with Crippen molar-refractivity contribution in [3.63, 3.8) is 0 Å². The highest BCUT2D eigenvalue weighted by Gasteiger charge is 2.13. The molecule has 0 spiro atoms. The van der Waals surface area contributed by atoms with Crippen molar-refractivity contribution in [2.45, 2.75) is 13.5 Å². The SMILES string of the molecule is CC(=O)c1cc(N[SH](=O)=O)c(Cl)cc1NCc1ccco1. The Morgan fingerprint density at radius 3 is 2.67 bits per heavy atom. The fourth-order valence-electron chi connectivity index (χ4n) is 1.79. The molecule has 0 radical (unpaired) electrons. The van der Waals surface area contributed by atoms with Crippen molar-refractivity contribution in [1.82, 2.24) is 0 Å². The number of rotatable bonds is 6. The molecule has 112 valence electrons. The molecule has 0 unspecified atom stereocenters. The molecule has 0 atom stereocenters. The number of halogens is 1. The van der Waals surface area contributed by atoms with E-state index in [1.54, 1.807) is 18.4 Å². The van der Waals surface area contributed by atoms with E-state index >= 15 is 0 Å². The highest BCUT2D eigenvalue weighted by atomic mass is 35.5. The third kappa shape index (κ3) is 3.99. The number of ketones is 1. The zero-order valence-electron chi connectivity index (χ0n) is 11.1. The third-order valence-electron chi connectivity index (χ3n) is 2.73. The lowest BCUT2D eigenvalue weighted by atomic mass is 10.1. The van der Waals surface area contributed by atoms with Gasteiger partial charge in [0.25, 0.3) is 0 Å². The monoisotopic (exact) mass is 328 g/mol. The van der Waals surface area contributed by atoms with Crippen molar-refractivity contribution >= 4 is 39.6 Å². The van der Waals surface area contributed by atoms with Crippen LogP contribution in [0.25, 0.3) is 0 Å². The summed E-state index contributed by atoms with van der Waals surface area (Å²) in [5, 5.41) is 3.24. The summed E-state index contributed by atoms with van der Waals surface area (Å²) in [5.41, 5.74) is 1.02. The number of hydrogen-bond donors (Lipinski definition) is 3. The predicted octanol–water partition coefficient (Wildman–Crippen LogP) is 2.69. The largest absolute Gasteiger partial charge is 0.467 e. The molecule has 0 aliphatic carbocycles. The van der Waals surface area contributed by atoms with E-state index < -0.39 is 10.9 Å². The smallest absolute Gasteiger partial charge is 0.222 e. The van der Waals surface area contributed by atoms with Crippen molar-refractivity contribution in [3.05, 3.63) is 46.9 Å². The van der Waals surface area contributed by atoms with Crippen molar-refractivity contribution in [1.29, 1.82) is 0 Å². The topological polar surface area (TPSA) is 88.4 Å². The van der Waals surface area contributed by atoms with Gasteiger partial charge in [0.1, 0.15) is 5.76 Å². The quantitative estimate of drug-likeness (QED) is 0.560. The van der Waals surface area contributed by atoms with Gasteiger partial charge in [0, 0.05) is 11.3 Å². The summed E-state index contributed by atoms with van der Waals surface area (Å²) in [4.78, 5) is 11.7. The maximum absolute atomic E-state index is 11.7. The number of carbonyl (C=O) groups is 1. The van der Waals surface area contributed by atoms with Crippen molar-refractivity contribution in [2.24, 2.45) is 0 Å². The summed E-state index contributed by atoms with van der Waals surface area (Å²) >= 11 is 6.01. The zero-order chi connectivity index (χ0) is 15.4. The molecule has 0 aliphatic heterocycles. The first-order chi connectivity index (χ1) is 9.97. The van der Waals surface area contributed by atoms with Gasteiger partial charge in [-0.1, -0.05) is 11.6 Å². The van der Waals surface area contributed by atoms with Gasteiger partial charge in [-0.25, -0.2) is 8.42 Å². The van der Waals surface area contributed by atoms with E-state index in [1.807, 2.05) is 0 Å². The second-order valence-electron chi connectivity index (χ2n) is 4.24. The lowest BCUT2D eigenvalue weighted by molar-refractivity contribution is 0.101. The van der Waals surface area contributed by atoms with Crippen LogP contribution in [0.3, 0.4) is 0 Å². The van der Waals surface area contributed by atoms with Crippen molar-refractivity contribution in [3.8, 4) is 0 Å². The number of hydrogen-bond acceptors (Lipinski definition) is 5. The maximum Gasteiger partial charge on any atom is 0.222 e. The average molecular weight is 329 g/mol. The van der Waals surface area contributed by atoms with Gasteiger partial charge in [-0.15, -0.1) is 0 Å². The number of furan rings is 1. The van der Waals surface area contributed by atoms with Crippen LogP contribution in [-0.2, 0) is 17.4 Å². The van der Waals surface area contributed by atoms with Crippen LogP contribution in [0.2, 0.25) is 5.02 Å². The molecule has 0 aliphatic rings. The van der Waals surface area contributed by atoms with E-state index in [4.69, 9.17) is 16.0 Å². The van der Waals surface area contributed by atoms with Gasteiger partial charge in [0.2, 0.25) is 10.9 Å². The molecule has 6 nitrogen and oxygen atoms in total. The van der Waals surface area contributed by atoms with E-state index in [9.17, 15) is 13.2 Å². The van der Waals surface area contributed by atoms with E-state index in [-0.39, 0.29) is 16.5 Å². The molecule has 1 aromatic carbocycles. The van der Waals surface area contributed by atoms with Gasteiger partial charge >= 0.3 is 0 Å². The van der Waals surface area contributed by atoms with Crippen LogP contribution < -0.4 is 10.0 Å². The predicted molar refractivity (Wildman–Crippen MR) is 81.4 cm³/mol. The van der Waals surface area contributed by atoms with Crippen molar-refractivity contribution in [2.75, 3.05) is 10.0 Å². The highest BCUT2D eigenvalue weighted by molar-refractivity contribution is 7.73. The first kappa shape index (κ1) is 15.4. The Labute approximate surface area is 128 Å². The Hall–Kier alpha value is -1.99. The number of thiol groups is 1. The molecule has 8 heteroatoms. The van der Waals surface area contributed by atoms with Crippen LogP contribution >= 0.6 is 11.6 Å². The highest BCUT2D eigenvalue weighted by Crippen LogP contribution is 2.30. The summed E-state index contributed by atoms with van der Waals surface area (Å²) in [6.07, 6.45) is 1.55. The third-order valence-corrected chi connectivity index (χ3v) is 3.47. The minimum atomic E-state index is -2.85. The standard InChI is InChI=1S/C13H13ClN2O4S/c1-8(17)10-5-13(16-21(18)19)11(14)6-12(10)15-7-9-3-2-4-20-9/h2-6,15,21H,7H2,1H3,(H,16,18,19). The normalized spacial score (nSPS) is 10.6. The summed E-state index contributed by atoms with van der Waals surface area (Å²) in [5.74, 6) is 0.489. The molecule has 0 amide bonds. The second kappa shape index (κ2) is 6.64. The van der Waals surface area contributed by atoms with E-state index in [2.05, 4.69) is 10.0 Å². The molecule has 0 bridgehead atoms. The molecule has 0 fully saturated rings. The molecule has 1 aromatic heterocycles. The molecule has 2 rings (SSSR count). The summed E-state index contributed by atoms with van der Waals surface area (Å²) < 4.78 is 28.8. The van der Waals surface area contributed by atoms with Gasteiger partial charge in [-0.05, 0) is 31.2 Å². The Kier molecular flexibility index (Phi) is 4.87. The van der Waals surface area contributed by atoms with Crippen LogP contribution in [0, 0.1) is 0 Å². The van der Waals surface area contributed by atoms with Gasteiger partial charge < -0.3 is 9.73 Å². The van der Waals surface area contributed by atoms with Gasteiger partial charge in [0.15, 0.2) is 5.78 Å². The maximum atomic E-state index is 11.7. The number of anilines is 2.